The lowest BCUT2D eigenvalue weighted by Crippen LogP contribution is -2.41. The molecule has 0 spiro atoms. The van der Waals surface area contributed by atoms with Gasteiger partial charge in [-0.25, -0.2) is 4.79 Å². The van der Waals surface area contributed by atoms with Crippen LogP contribution >= 0.6 is 0 Å². The Bertz CT molecular complexity index is 406. The van der Waals surface area contributed by atoms with Gasteiger partial charge in [-0.2, -0.15) is 0 Å². The van der Waals surface area contributed by atoms with Crippen LogP contribution in [0.5, 0.6) is 0 Å². The number of amides is 3. The van der Waals surface area contributed by atoms with Crippen LogP contribution in [0, 0.1) is 0 Å². The van der Waals surface area contributed by atoms with Crippen LogP contribution in [-0.4, -0.2) is 49.0 Å². The van der Waals surface area contributed by atoms with Crippen molar-refractivity contribution < 1.29 is 9.59 Å². The molecule has 0 fully saturated rings. The van der Waals surface area contributed by atoms with Crippen LogP contribution in [-0.2, 0) is 11.2 Å². The van der Waals surface area contributed by atoms with Gasteiger partial charge in [-0.05, 0) is 30.5 Å². The number of hydrogen-bond donors (Lipinski definition) is 2. The number of aryl methyl sites for hydroxylation is 1. The Morgan fingerprint density at radius 2 is 1.89 bits per heavy atom. The first-order valence-corrected chi connectivity index (χ1v) is 6.20. The van der Waals surface area contributed by atoms with Crippen LogP contribution in [0.2, 0.25) is 0 Å². The first-order valence-electron chi connectivity index (χ1n) is 6.20. The van der Waals surface area contributed by atoms with Crippen molar-refractivity contribution in [3.05, 3.63) is 30.1 Å². The summed E-state index contributed by atoms with van der Waals surface area (Å²) < 4.78 is 0. The summed E-state index contributed by atoms with van der Waals surface area (Å²) in [7, 11) is 3.25. The third kappa shape index (κ3) is 6.40. The molecule has 1 rings (SSSR count). The molecule has 6 heteroatoms. The minimum atomic E-state index is -0.271. The van der Waals surface area contributed by atoms with Gasteiger partial charge in [-0.15, -0.1) is 0 Å². The summed E-state index contributed by atoms with van der Waals surface area (Å²) >= 11 is 0. The number of nitrogens with one attached hydrogen (secondary N) is 2. The van der Waals surface area contributed by atoms with Gasteiger partial charge in [0.05, 0.1) is 6.54 Å². The van der Waals surface area contributed by atoms with Gasteiger partial charge in [0.2, 0.25) is 5.91 Å². The second-order valence-electron chi connectivity index (χ2n) is 4.36. The van der Waals surface area contributed by atoms with Crippen molar-refractivity contribution in [2.45, 2.75) is 12.8 Å². The van der Waals surface area contributed by atoms with Gasteiger partial charge in [0.25, 0.3) is 0 Å². The fourth-order valence-electron chi connectivity index (χ4n) is 1.45. The molecule has 2 N–H and O–H groups in total. The molecule has 0 aromatic carbocycles. The summed E-state index contributed by atoms with van der Waals surface area (Å²) in [5.41, 5.74) is 1.20. The SMILES string of the molecule is CN(C)C(=O)NCC(=O)NCCCc1ccncc1. The third-order valence-corrected chi connectivity index (χ3v) is 2.52. The van der Waals surface area contributed by atoms with E-state index in [1.807, 2.05) is 12.1 Å². The molecule has 1 heterocycles. The highest BCUT2D eigenvalue weighted by molar-refractivity contribution is 5.83. The van der Waals surface area contributed by atoms with Crippen LogP contribution in [0.15, 0.2) is 24.5 Å². The molecule has 0 bridgehead atoms. The molecule has 0 radical (unpaired) electrons. The van der Waals surface area contributed by atoms with Crippen LogP contribution in [0.3, 0.4) is 0 Å². The molecule has 0 atom stereocenters. The zero-order valence-corrected chi connectivity index (χ0v) is 11.3. The number of pyridine rings is 1. The van der Waals surface area contributed by atoms with Crippen LogP contribution in [0.4, 0.5) is 4.79 Å². The van der Waals surface area contributed by atoms with E-state index >= 15 is 0 Å². The third-order valence-electron chi connectivity index (χ3n) is 2.52. The van der Waals surface area contributed by atoms with E-state index in [9.17, 15) is 9.59 Å². The fourth-order valence-corrected chi connectivity index (χ4v) is 1.45. The fraction of sp³-hybridized carbons (Fsp3) is 0.462. The van der Waals surface area contributed by atoms with Crippen molar-refractivity contribution in [3.63, 3.8) is 0 Å². The smallest absolute Gasteiger partial charge is 0.317 e. The lowest BCUT2D eigenvalue weighted by atomic mass is 10.1. The van der Waals surface area contributed by atoms with E-state index in [2.05, 4.69) is 15.6 Å². The van der Waals surface area contributed by atoms with E-state index in [1.165, 1.54) is 10.5 Å². The van der Waals surface area contributed by atoms with Crippen LogP contribution in [0.1, 0.15) is 12.0 Å². The van der Waals surface area contributed by atoms with E-state index < -0.39 is 0 Å². The molecule has 0 aliphatic carbocycles. The maximum atomic E-state index is 11.4. The highest BCUT2D eigenvalue weighted by Gasteiger charge is 2.05. The van der Waals surface area contributed by atoms with Crippen molar-refractivity contribution in [1.29, 1.82) is 0 Å². The molecular weight excluding hydrogens is 244 g/mol. The van der Waals surface area contributed by atoms with Gasteiger partial charge in [0.1, 0.15) is 0 Å². The minimum Gasteiger partial charge on any atom is -0.355 e. The molecule has 0 saturated heterocycles. The Balaban J connectivity index is 2.09. The zero-order valence-electron chi connectivity index (χ0n) is 11.3. The first-order chi connectivity index (χ1) is 9.09. The molecule has 19 heavy (non-hydrogen) atoms. The molecule has 1 aromatic heterocycles. The topological polar surface area (TPSA) is 74.3 Å². The zero-order chi connectivity index (χ0) is 14.1. The van der Waals surface area contributed by atoms with E-state index in [-0.39, 0.29) is 18.5 Å². The second-order valence-corrected chi connectivity index (χ2v) is 4.36. The molecule has 3 amide bonds. The molecule has 0 saturated carbocycles. The van der Waals surface area contributed by atoms with Crippen molar-refractivity contribution in [1.82, 2.24) is 20.5 Å². The molecule has 1 aromatic rings. The number of carbonyl (C=O) groups excluding carboxylic acids is 2. The standard InChI is InChI=1S/C13H20N4O2/c1-17(2)13(19)16-10-12(18)15-7-3-4-11-5-8-14-9-6-11/h5-6,8-9H,3-4,7,10H2,1-2H3,(H,15,18)(H,16,19). The van der Waals surface area contributed by atoms with Crippen LogP contribution < -0.4 is 10.6 Å². The number of rotatable bonds is 6. The van der Waals surface area contributed by atoms with Crippen LogP contribution in [0.25, 0.3) is 0 Å². The Kier molecular flexibility index (Phi) is 6.35. The van der Waals surface area contributed by atoms with Gasteiger partial charge in [-0.1, -0.05) is 0 Å². The van der Waals surface area contributed by atoms with Gasteiger partial charge >= 0.3 is 6.03 Å². The Morgan fingerprint density at radius 3 is 2.53 bits per heavy atom. The number of aromatic nitrogens is 1. The van der Waals surface area contributed by atoms with E-state index in [0.717, 1.165) is 12.8 Å². The van der Waals surface area contributed by atoms with Crippen molar-refractivity contribution >= 4 is 11.9 Å². The largest absolute Gasteiger partial charge is 0.355 e. The Hall–Kier alpha value is -2.11. The average molecular weight is 264 g/mol. The summed E-state index contributed by atoms with van der Waals surface area (Å²) in [4.78, 5) is 27.9. The monoisotopic (exact) mass is 264 g/mol. The van der Waals surface area contributed by atoms with Crippen molar-refractivity contribution in [2.24, 2.45) is 0 Å². The summed E-state index contributed by atoms with van der Waals surface area (Å²) in [5.74, 6) is -0.176. The molecular formula is C13H20N4O2. The Morgan fingerprint density at radius 1 is 1.21 bits per heavy atom. The van der Waals surface area contributed by atoms with Gasteiger partial charge in [-0.3, -0.25) is 9.78 Å². The highest BCUT2D eigenvalue weighted by atomic mass is 16.2. The Labute approximate surface area is 113 Å². The van der Waals surface area contributed by atoms with Gasteiger partial charge in [0.15, 0.2) is 0 Å². The lowest BCUT2D eigenvalue weighted by molar-refractivity contribution is -0.120. The maximum absolute atomic E-state index is 11.4. The average Bonchev–Trinajstić information content (AvgIpc) is 2.42. The maximum Gasteiger partial charge on any atom is 0.317 e. The molecule has 104 valence electrons. The predicted octanol–water partition coefficient (Wildman–Crippen LogP) is 0.402. The predicted molar refractivity (Wildman–Crippen MR) is 72.7 cm³/mol. The van der Waals surface area contributed by atoms with E-state index in [0.29, 0.717) is 6.54 Å². The molecule has 0 unspecified atom stereocenters. The van der Waals surface area contributed by atoms with Crippen molar-refractivity contribution in [3.8, 4) is 0 Å². The highest BCUT2D eigenvalue weighted by Crippen LogP contribution is 1.99. The number of hydrogen-bond acceptors (Lipinski definition) is 3. The van der Waals surface area contributed by atoms with Gasteiger partial charge in [0, 0.05) is 33.0 Å². The number of urea groups is 1. The molecule has 0 aliphatic rings. The number of carbonyl (C=O) groups is 2. The second kappa shape index (κ2) is 8.07. The normalized spacial score (nSPS) is 9.79. The quantitative estimate of drug-likeness (QED) is 0.730. The minimum absolute atomic E-state index is 0.00622. The molecule has 6 nitrogen and oxygen atoms in total. The number of nitrogens with zero attached hydrogens (tertiary/aromatic N) is 2. The summed E-state index contributed by atoms with van der Waals surface area (Å²) in [5, 5.41) is 5.27. The summed E-state index contributed by atoms with van der Waals surface area (Å²) in [6.45, 7) is 0.602. The van der Waals surface area contributed by atoms with E-state index in [4.69, 9.17) is 0 Å². The lowest BCUT2D eigenvalue weighted by Gasteiger charge is -2.11. The van der Waals surface area contributed by atoms with E-state index in [1.54, 1.807) is 26.5 Å². The van der Waals surface area contributed by atoms with Gasteiger partial charge < -0.3 is 15.5 Å². The summed E-state index contributed by atoms with van der Waals surface area (Å²) in [6.07, 6.45) is 5.26. The molecule has 0 aliphatic heterocycles. The summed E-state index contributed by atoms with van der Waals surface area (Å²) in [6, 6.07) is 3.64. The van der Waals surface area contributed by atoms with Crippen molar-refractivity contribution in [2.75, 3.05) is 27.2 Å². The first kappa shape index (κ1) is 14.9.